The molecule has 0 amide bonds. The molecular weight excluding hydrogens is 280 g/mol. The molecule has 3 unspecified atom stereocenters. The summed E-state index contributed by atoms with van der Waals surface area (Å²) in [5, 5.41) is 0. The Hall–Kier alpha value is -2.23. The minimum atomic E-state index is -0.800. The highest BCUT2D eigenvalue weighted by Crippen LogP contribution is 2.42. The summed E-state index contributed by atoms with van der Waals surface area (Å²) in [5.74, 6) is -1.46. The highest BCUT2D eigenvalue weighted by Gasteiger charge is 2.43. The third-order valence-electron chi connectivity index (χ3n) is 4.26. The van der Waals surface area contributed by atoms with Crippen molar-refractivity contribution >= 4 is 17.3 Å². The second-order valence-corrected chi connectivity index (χ2v) is 5.77. The van der Waals surface area contributed by atoms with Crippen LogP contribution in [0.5, 0.6) is 5.75 Å². The fourth-order valence-corrected chi connectivity index (χ4v) is 3.29. The van der Waals surface area contributed by atoms with Crippen molar-refractivity contribution in [3.8, 4) is 5.75 Å². The largest absolute Gasteiger partial charge is 0.497 e. The average Bonchev–Trinajstić information content (AvgIpc) is 2.45. The van der Waals surface area contributed by atoms with Crippen molar-refractivity contribution in [3.05, 3.63) is 41.5 Å². The van der Waals surface area contributed by atoms with E-state index < -0.39 is 17.8 Å². The molecule has 4 heteroatoms. The van der Waals surface area contributed by atoms with Gasteiger partial charge in [-0.25, -0.2) is 0 Å². The monoisotopic (exact) mass is 300 g/mol. The van der Waals surface area contributed by atoms with Crippen LogP contribution in [-0.4, -0.2) is 24.5 Å². The summed E-state index contributed by atoms with van der Waals surface area (Å²) in [7, 11) is 1.57. The standard InChI is InChI=1S/C18H20O4/c1-10-9-15(21)17(12(3)20)18(16(10)11(2)19)13-5-7-14(22-4)8-6-13/h5-9,16-18H,1-4H3. The average molecular weight is 300 g/mol. The molecule has 116 valence electrons. The lowest BCUT2D eigenvalue weighted by Gasteiger charge is -2.34. The molecule has 3 atom stereocenters. The van der Waals surface area contributed by atoms with E-state index in [-0.39, 0.29) is 17.3 Å². The van der Waals surface area contributed by atoms with Gasteiger partial charge in [-0.15, -0.1) is 0 Å². The predicted molar refractivity (Wildman–Crippen MR) is 82.8 cm³/mol. The zero-order valence-electron chi connectivity index (χ0n) is 13.3. The molecule has 0 spiro atoms. The number of hydrogen-bond acceptors (Lipinski definition) is 4. The highest BCUT2D eigenvalue weighted by molar-refractivity contribution is 6.10. The van der Waals surface area contributed by atoms with E-state index in [1.165, 1.54) is 19.9 Å². The number of hydrogen-bond donors (Lipinski definition) is 0. The lowest BCUT2D eigenvalue weighted by molar-refractivity contribution is -0.132. The first-order valence-corrected chi connectivity index (χ1v) is 7.23. The Labute approximate surface area is 130 Å². The first-order chi connectivity index (χ1) is 10.4. The van der Waals surface area contributed by atoms with Gasteiger partial charge in [0.15, 0.2) is 5.78 Å². The molecule has 1 aliphatic rings. The van der Waals surface area contributed by atoms with Crippen molar-refractivity contribution in [2.75, 3.05) is 7.11 Å². The number of ether oxygens (including phenoxy) is 1. The Morgan fingerprint density at radius 1 is 1.00 bits per heavy atom. The van der Waals surface area contributed by atoms with Crippen LogP contribution in [0.25, 0.3) is 0 Å². The number of carbonyl (C=O) groups excluding carboxylic acids is 3. The van der Waals surface area contributed by atoms with Crippen molar-refractivity contribution in [2.45, 2.75) is 26.7 Å². The third-order valence-corrected chi connectivity index (χ3v) is 4.26. The second kappa shape index (κ2) is 6.26. The molecule has 0 heterocycles. The van der Waals surface area contributed by atoms with Gasteiger partial charge in [0, 0.05) is 11.8 Å². The summed E-state index contributed by atoms with van der Waals surface area (Å²) < 4.78 is 5.14. The third kappa shape index (κ3) is 2.86. The van der Waals surface area contributed by atoms with Gasteiger partial charge >= 0.3 is 0 Å². The van der Waals surface area contributed by atoms with Crippen LogP contribution >= 0.6 is 0 Å². The maximum Gasteiger partial charge on any atom is 0.166 e. The number of rotatable bonds is 4. The molecule has 0 aliphatic heterocycles. The van der Waals surface area contributed by atoms with Gasteiger partial charge in [0.25, 0.3) is 0 Å². The Bertz CT molecular complexity index is 640. The molecule has 1 aromatic rings. The quantitative estimate of drug-likeness (QED) is 0.802. The number of methoxy groups -OCH3 is 1. The second-order valence-electron chi connectivity index (χ2n) is 5.77. The van der Waals surface area contributed by atoms with Gasteiger partial charge in [-0.05, 0) is 44.5 Å². The smallest absolute Gasteiger partial charge is 0.166 e. The Morgan fingerprint density at radius 3 is 2.00 bits per heavy atom. The fourth-order valence-electron chi connectivity index (χ4n) is 3.29. The predicted octanol–water partition coefficient (Wildman–Crippen LogP) is 2.72. The van der Waals surface area contributed by atoms with Gasteiger partial charge < -0.3 is 4.74 Å². The van der Waals surface area contributed by atoms with Crippen LogP contribution in [0.4, 0.5) is 0 Å². The summed E-state index contributed by atoms with van der Waals surface area (Å²) in [6.45, 7) is 4.69. The van der Waals surface area contributed by atoms with Crippen molar-refractivity contribution in [1.29, 1.82) is 0 Å². The van der Waals surface area contributed by atoms with E-state index in [9.17, 15) is 14.4 Å². The van der Waals surface area contributed by atoms with E-state index in [0.717, 1.165) is 11.1 Å². The normalized spacial score (nSPS) is 24.6. The van der Waals surface area contributed by atoms with Crippen LogP contribution in [0, 0.1) is 11.8 Å². The van der Waals surface area contributed by atoms with Crippen LogP contribution in [-0.2, 0) is 14.4 Å². The van der Waals surface area contributed by atoms with Crippen LogP contribution in [0.1, 0.15) is 32.3 Å². The molecule has 0 aromatic heterocycles. The lowest BCUT2D eigenvalue weighted by atomic mass is 9.66. The molecule has 22 heavy (non-hydrogen) atoms. The maximum absolute atomic E-state index is 12.3. The molecule has 0 saturated heterocycles. The van der Waals surface area contributed by atoms with E-state index in [1.807, 2.05) is 12.1 Å². The van der Waals surface area contributed by atoms with Gasteiger partial charge in [-0.3, -0.25) is 14.4 Å². The van der Waals surface area contributed by atoms with Gasteiger partial charge in [-0.1, -0.05) is 17.7 Å². The van der Waals surface area contributed by atoms with Crippen molar-refractivity contribution in [1.82, 2.24) is 0 Å². The van der Waals surface area contributed by atoms with Gasteiger partial charge in [0.1, 0.15) is 17.3 Å². The van der Waals surface area contributed by atoms with Gasteiger partial charge in [0.05, 0.1) is 13.0 Å². The summed E-state index contributed by atoms with van der Waals surface area (Å²) in [4.78, 5) is 36.4. The van der Waals surface area contributed by atoms with Gasteiger partial charge in [-0.2, -0.15) is 0 Å². The van der Waals surface area contributed by atoms with Crippen LogP contribution in [0.3, 0.4) is 0 Å². The molecule has 1 aliphatic carbocycles. The Balaban J connectivity index is 2.57. The van der Waals surface area contributed by atoms with E-state index in [0.29, 0.717) is 5.75 Å². The lowest BCUT2D eigenvalue weighted by Crippen LogP contribution is -2.39. The number of carbonyl (C=O) groups is 3. The van der Waals surface area contributed by atoms with Gasteiger partial charge in [0.2, 0.25) is 0 Å². The summed E-state index contributed by atoms with van der Waals surface area (Å²) in [6.07, 6.45) is 1.44. The molecule has 0 radical (unpaired) electrons. The first-order valence-electron chi connectivity index (χ1n) is 7.23. The number of Topliss-reactive ketones (excluding diaryl/α,β-unsaturated/α-hetero) is 2. The number of ketones is 3. The zero-order valence-corrected chi connectivity index (χ0v) is 13.3. The molecule has 4 nitrogen and oxygen atoms in total. The van der Waals surface area contributed by atoms with E-state index in [4.69, 9.17) is 4.74 Å². The maximum atomic E-state index is 12.3. The SMILES string of the molecule is COc1ccc(C2C(C(C)=O)C(=O)C=C(C)C2C(C)=O)cc1. The zero-order chi connectivity index (χ0) is 16.4. The van der Waals surface area contributed by atoms with Crippen LogP contribution in [0.2, 0.25) is 0 Å². The first kappa shape index (κ1) is 16.1. The fraction of sp³-hybridized carbons (Fsp3) is 0.389. The summed E-state index contributed by atoms with van der Waals surface area (Å²) in [6, 6.07) is 7.20. The summed E-state index contributed by atoms with van der Waals surface area (Å²) in [5.41, 5.74) is 1.53. The minimum absolute atomic E-state index is 0.0340. The van der Waals surface area contributed by atoms with E-state index in [1.54, 1.807) is 26.2 Å². The van der Waals surface area contributed by atoms with Crippen molar-refractivity contribution in [3.63, 3.8) is 0 Å². The molecule has 0 N–H and O–H groups in total. The number of benzene rings is 1. The highest BCUT2D eigenvalue weighted by atomic mass is 16.5. The molecule has 0 saturated carbocycles. The van der Waals surface area contributed by atoms with Crippen molar-refractivity contribution < 1.29 is 19.1 Å². The van der Waals surface area contributed by atoms with E-state index in [2.05, 4.69) is 0 Å². The molecule has 0 fully saturated rings. The molecule has 0 bridgehead atoms. The molecular formula is C18H20O4. The Kier molecular flexibility index (Phi) is 4.59. The number of allylic oxidation sites excluding steroid dienone is 2. The summed E-state index contributed by atoms with van der Waals surface area (Å²) >= 11 is 0. The molecule has 1 aromatic carbocycles. The van der Waals surface area contributed by atoms with Crippen LogP contribution in [0.15, 0.2) is 35.9 Å². The minimum Gasteiger partial charge on any atom is -0.497 e. The van der Waals surface area contributed by atoms with E-state index >= 15 is 0 Å². The molecule has 2 rings (SSSR count). The Morgan fingerprint density at radius 2 is 1.55 bits per heavy atom. The topological polar surface area (TPSA) is 60.4 Å². The van der Waals surface area contributed by atoms with Crippen molar-refractivity contribution in [2.24, 2.45) is 11.8 Å². The van der Waals surface area contributed by atoms with Crippen LogP contribution < -0.4 is 4.74 Å².